The van der Waals surface area contributed by atoms with Gasteiger partial charge in [-0.25, -0.2) is 4.79 Å². The van der Waals surface area contributed by atoms with Crippen molar-refractivity contribution < 1.29 is 23.1 Å². The predicted molar refractivity (Wildman–Crippen MR) is 117 cm³/mol. The maximum atomic E-state index is 12.7. The Morgan fingerprint density at radius 3 is 2.39 bits per heavy atom. The smallest absolute Gasteiger partial charge is 0.390 e. The van der Waals surface area contributed by atoms with E-state index in [0.717, 1.165) is 28.8 Å². The van der Waals surface area contributed by atoms with Crippen molar-refractivity contribution in [1.82, 2.24) is 14.0 Å². The van der Waals surface area contributed by atoms with Crippen LogP contribution >= 0.6 is 0 Å². The van der Waals surface area contributed by atoms with Gasteiger partial charge in [0.05, 0.1) is 35.7 Å². The van der Waals surface area contributed by atoms with E-state index < -0.39 is 35.0 Å². The number of rotatable bonds is 7. The monoisotopic (exact) mass is 464 g/mol. The van der Waals surface area contributed by atoms with Gasteiger partial charge in [0.15, 0.2) is 0 Å². The maximum Gasteiger partial charge on any atom is 0.416 e. The molecule has 2 aromatic carbocycles. The Balaban J connectivity index is 1.61. The third-order valence-corrected chi connectivity index (χ3v) is 5.08. The first-order valence-corrected chi connectivity index (χ1v) is 9.99. The highest BCUT2D eigenvalue weighted by Gasteiger charge is 2.30. The molecule has 0 aliphatic heterocycles. The molecule has 1 aromatic heterocycles. The standard InChI is InChI=1S/C22H23F3N4O4/c1-27(13-19(31)26-15-9-7-14(8-10-15)22(23,24)25)11-16(30)12-29-20(32)17-5-3-4-6-18(17)28(2)21(29)33/h3-10,16,30H,11-13H2,1-2H3,(H,26,31). The second-order valence-electron chi connectivity index (χ2n) is 7.75. The molecule has 176 valence electrons. The summed E-state index contributed by atoms with van der Waals surface area (Å²) in [6.45, 7) is -0.452. The lowest BCUT2D eigenvalue weighted by Crippen LogP contribution is -2.44. The maximum absolute atomic E-state index is 12.7. The highest BCUT2D eigenvalue weighted by Crippen LogP contribution is 2.29. The van der Waals surface area contributed by atoms with E-state index >= 15 is 0 Å². The summed E-state index contributed by atoms with van der Waals surface area (Å²) in [4.78, 5) is 38.9. The summed E-state index contributed by atoms with van der Waals surface area (Å²) in [5.74, 6) is -0.497. The molecule has 1 unspecified atom stereocenters. The average Bonchev–Trinajstić information content (AvgIpc) is 2.74. The lowest BCUT2D eigenvalue weighted by atomic mass is 10.2. The Morgan fingerprint density at radius 1 is 1.12 bits per heavy atom. The van der Waals surface area contributed by atoms with Gasteiger partial charge >= 0.3 is 11.9 Å². The van der Waals surface area contributed by atoms with Crippen LogP contribution in [0.25, 0.3) is 10.9 Å². The number of fused-ring (bicyclic) bond motifs is 1. The second-order valence-corrected chi connectivity index (χ2v) is 7.75. The van der Waals surface area contributed by atoms with Gasteiger partial charge in [-0.3, -0.25) is 23.6 Å². The molecular formula is C22H23F3N4O4. The summed E-state index contributed by atoms with van der Waals surface area (Å²) in [6, 6.07) is 10.7. The zero-order valence-electron chi connectivity index (χ0n) is 18.0. The number of carbonyl (C=O) groups excluding carboxylic acids is 1. The van der Waals surface area contributed by atoms with Gasteiger partial charge in [0.2, 0.25) is 5.91 Å². The van der Waals surface area contributed by atoms with Crippen LogP contribution in [0.3, 0.4) is 0 Å². The third-order valence-electron chi connectivity index (χ3n) is 5.08. The van der Waals surface area contributed by atoms with E-state index in [9.17, 15) is 32.7 Å². The molecule has 0 radical (unpaired) electrons. The number of aliphatic hydroxyl groups is 1. The molecule has 0 aliphatic carbocycles. The van der Waals surface area contributed by atoms with E-state index in [4.69, 9.17) is 0 Å². The molecule has 3 rings (SSSR count). The van der Waals surface area contributed by atoms with Crippen LogP contribution in [-0.4, -0.2) is 51.3 Å². The number of nitrogens with zero attached hydrogens (tertiary/aromatic N) is 3. The van der Waals surface area contributed by atoms with Crippen LogP contribution in [0.4, 0.5) is 18.9 Å². The predicted octanol–water partition coefficient (Wildman–Crippen LogP) is 1.65. The number of aromatic nitrogens is 2. The zero-order valence-corrected chi connectivity index (χ0v) is 18.0. The Morgan fingerprint density at radius 2 is 1.76 bits per heavy atom. The number of alkyl halides is 3. The van der Waals surface area contributed by atoms with Crippen LogP contribution in [0.15, 0.2) is 58.1 Å². The number of likely N-dealkylation sites (N-methyl/N-ethyl adjacent to an activating group) is 1. The van der Waals surface area contributed by atoms with E-state index in [2.05, 4.69) is 5.32 Å². The van der Waals surface area contributed by atoms with Gasteiger partial charge in [0.1, 0.15) is 0 Å². The fourth-order valence-electron chi connectivity index (χ4n) is 3.51. The van der Waals surface area contributed by atoms with Gasteiger partial charge < -0.3 is 10.4 Å². The van der Waals surface area contributed by atoms with Crippen LogP contribution in [0.2, 0.25) is 0 Å². The largest absolute Gasteiger partial charge is 0.416 e. The molecule has 3 aromatic rings. The second kappa shape index (κ2) is 9.59. The van der Waals surface area contributed by atoms with Gasteiger partial charge in [0, 0.05) is 19.3 Å². The zero-order chi connectivity index (χ0) is 24.3. The molecule has 8 nitrogen and oxygen atoms in total. The molecule has 1 amide bonds. The number of hydrogen-bond acceptors (Lipinski definition) is 5. The normalized spacial score (nSPS) is 12.8. The van der Waals surface area contributed by atoms with Crippen molar-refractivity contribution in [1.29, 1.82) is 0 Å². The SMILES string of the molecule is CN(CC(=O)Nc1ccc(C(F)(F)F)cc1)CC(O)Cn1c(=O)c2ccccc2n(C)c1=O. The molecule has 0 fully saturated rings. The van der Waals surface area contributed by atoms with E-state index in [1.165, 1.54) is 16.5 Å². The first-order chi connectivity index (χ1) is 15.5. The van der Waals surface area contributed by atoms with Crippen molar-refractivity contribution >= 4 is 22.5 Å². The molecule has 0 saturated heterocycles. The number of benzene rings is 2. The van der Waals surface area contributed by atoms with Crippen molar-refractivity contribution in [3.63, 3.8) is 0 Å². The van der Waals surface area contributed by atoms with Gasteiger partial charge in [-0.1, -0.05) is 12.1 Å². The van der Waals surface area contributed by atoms with Gasteiger partial charge in [0.25, 0.3) is 5.56 Å². The van der Waals surface area contributed by atoms with Crippen molar-refractivity contribution in [2.75, 3.05) is 25.5 Å². The topological polar surface area (TPSA) is 96.6 Å². The molecule has 1 atom stereocenters. The molecule has 0 aliphatic rings. The van der Waals surface area contributed by atoms with Crippen molar-refractivity contribution in [2.24, 2.45) is 7.05 Å². The van der Waals surface area contributed by atoms with Gasteiger partial charge in [-0.2, -0.15) is 13.2 Å². The van der Waals surface area contributed by atoms with Crippen LogP contribution in [0, 0.1) is 0 Å². The number of anilines is 1. The minimum absolute atomic E-state index is 0.0249. The quantitative estimate of drug-likeness (QED) is 0.555. The highest BCUT2D eigenvalue weighted by atomic mass is 19.4. The molecule has 0 spiro atoms. The number of amides is 1. The molecule has 1 heterocycles. The molecule has 0 bridgehead atoms. The number of halogens is 3. The number of aliphatic hydroxyl groups excluding tert-OH is 1. The minimum Gasteiger partial charge on any atom is -0.390 e. The van der Waals surface area contributed by atoms with Crippen LogP contribution in [0.5, 0.6) is 0 Å². The lowest BCUT2D eigenvalue weighted by Gasteiger charge is -2.21. The van der Waals surface area contributed by atoms with E-state index in [0.29, 0.717) is 10.9 Å². The average molecular weight is 464 g/mol. The molecular weight excluding hydrogens is 441 g/mol. The first-order valence-electron chi connectivity index (χ1n) is 9.99. The van der Waals surface area contributed by atoms with Crippen LogP contribution < -0.4 is 16.6 Å². The number of para-hydroxylation sites is 1. The van der Waals surface area contributed by atoms with Crippen LogP contribution in [-0.2, 0) is 24.6 Å². The molecule has 2 N–H and O–H groups in total. The number of nitrogens with one attached hydrogen (secondary N) is 1. The summed E-state index contributed by atoms with van der Waals surface area (Å²) >= 11 is 0. The molecule has 0 saturated carbocycles. The number of carbonyl (C=O) groups is 1. The number of hydrogen-bond donors (Lipinski definition) is 2. The minimum atomic E-state index is -4.47. The summed E-state index contributed by atoms with van der Waals surface area (Å²) in [5.41, 5.74) is -1.23. The van der Waals surface area contributed by atoms with Crippen molar-refractivity contribution in [3.8, 4) is 0 Å². The summed E-state index contributed by atoms with van der Waals surface area (Å²) in [6.07, 6.45) is -5.59. The fraction of sp³-hybridized carbons (Fsp3) is 0.318. The third kappa shape index (κ3) is 5.68. The summed E-state index contributed by atoms with van der Waals surface area (Å²) in [5, 5.41) is 13.2. The summed E-state index contributed by atoms with van der Waals surface area (Å²) < 4.78 is 40.1. The summed E-state index contributed by atoms with van der Waals surface area (Å²) in [7, 11) is 3.08. The van der Waals surface area contributed by atoms with Crippen LogP contribution in [0.1, 0.15) is 5.56 Å². The Kier molecular flexibility index (Phi) is 7.04. The molecule has 33 heavy (non-hydrogen) atoms. The number of aryl methyl sites for hydroxylation is 1. The van der Waals surface area contributed by atoms with Crippen molar-refractivity contribution in [3.05, 3.63) is 74.9 Å². The first kappa shape index (κ1) is 24.2. The molecule has 11 heteroatoms. The Hall–Kier alpha value is -3.44. The van der Waals surface area contributed by atoms with E-state index in [1.54, 1.807) is 31.3 Å². The van der Waals surface area contributed by atoms with Crippen molar-refractivity contribution in [2.45, 2.75) is 18.8 Å². The lowest BCUT2D eigenvalue weighted by molar-refractivity contribution is -0.137. The van der Waals surface area contributed by atoms with E-state index in [-0.39, 0.29) is 25.3 Å². The fourth-order valence-corrected chi connectivity index (χ4v) is 3.51. The van der Waals surface area contributed by atoms with Gasteiger partial charge in [-0.05, 0) is 43.4 Å². The highest BCUT2D eigenvalue weighted by molar-refractivity contribution is 5.92. The Labute approximate surface area is 186 Å². The Bertz CT molecular complexity index is 1270. The van der Waals surface area contributed by atoms with Gasteiger partial charge in [-0.15, -0.1) is 0 Å². The van der Waals surface area contributed by atoms with E-state index in [1.807, 2.05) is 0 Å².